The lowest BCUT2D eigenvalue weighted by Crippen LogP contribution is -2.37. The van der Waals surface area contributed by atoms with E-state index in [1.165, 1.54) is 6.42 Å². The summed E-state index contributed by atoms with van der Waals surface area (Å²) in [6, 6.07) is 5.73. The standard InChI is InChI=1S/C22H32O5/c1-14(2)19-7-6-15(3)11-20(19)27-22(24)13-26-21(23)12-25-18-9-16(4)8-17(5)10-18/h8-10,14-15,19-20H,6-7,11-13H2,1-5H3/t15-,19-,20+/m0/s1. The molecule has 0 amide bonds. The molecule has 1 aromatic rings. The van der Waals surface area contributed by atoms with Crippen molar-refractivity contribution >= 4 is 11.9 Å². The number of hydrogen-bond donors (Lipinski definition) is 0. The Morgan fingerprint density at radius 1 is 1.04 bits per heavy atom. The van der Waals surface area contributed by atoms with Crippen molar-refractivity contribution in [3.05, 3.63) is 29.3 Å². The van der Waals surface area contributed by atoms with Crippen molar-refractivity contribution in [2.75, 3.05) is 13.2 Å². The van der Waals surface area contributed by atoms with Crippen molar-refractivity contribution in [3.8, 4) is 5.75 Å². The second-order valence-electron chi connectivity index (χ2n) is 8.13. The molecular weight excluding hydrogens is 344 g/mol. The molecule has 5 heteroatoms. The van der Waals surface area contributed by atoms with Gasteiger partial charge in [0, 0.05) is 0 Å². The Balaban J connectivity index is 1.76. The number of carbonyl (C=O) groups excluding carboxylic acids is 2. The van der Waals surface area contributed by atoms with Gasteiger partial charge in [0.1, 0.15) is 11.9 Å². The van der Waals surface area contributed by atoms with Gasteiger partial charge in [-0.1, -0.05) is 33.3 Å². The molecule has 1 aliphatic rings. The first-order valence-electron chi connectivity index (χ1n) is 9.80. The van der Waals surface area contributed by atoms with Crippen molar-refractivity contribution < 1.29 is 23.8 Å². The van der Waals surface area contributed by atoms with Gasteiger partial charge in [0.2, 0.25) is 0 Å². The number of aryl methyl sites for hydroxylation is 2. The van der Waals surface area contributed by atoms with E-state index in [1.54, 1.807) is 0 Å². The summed E-state index contributed by atoms with van der Waals surface area (Å²) < 4.78 is 16.1. The molecule has 0 unspecified atom stereocenters. The van der Waals surface area contributed by atoms with Crippen LogP contribution in [0, 0.1) is 31.6 Å². The molecule has 1 aromatic carbocycles. The predicted octanol–water partition coefficient (Wildman–Crippen LogP) is 4.23. The van der Waals surface area contributed by atoms with E-state index in [1.807, 2.05) is 32.0 Å². The molecule has 0 radical (unpaired) electrons. The molecule has 3 atom stereocenters. The van der Waals surface area contributed by atoms with Gasteiger partial charge >= 0.3 is 11.9 Å². The highest BCUT2D eigenvalue weighted by Crippen LogP contribution is 2.35. The van der Waals surface area contributed by atoms with E-state index >= 15 is 0 Å². The zero-order chi connectivity index (χ0) is 20.0. The molecule has 27 heavy (non-hydrogen) atoms. The van der Waals surface area contributed by atoms with Crippen LogP contribution in [-0.2, 0) is 19.1 Å². The first kappa shape index (κ1) is 21.3. The molecule has 0 aliphatic heterocycles. The van der Waals surface area contributed by atoms with Gasteiger partial charge in [-0.25, -0.2) is 9.59 Å². The monoisotopic (exact) mass is 376 g/mol. The van der Waals surface area contributed by atoms with Crippen molar-refractivity contribution in [2.45, 2.75) is 60.0 Å². The van der Waals surface area contributed by atoms with Crippen molar-refractivity contribution in [1.82, 2.24) is 0 Å². The Morgan fingerprint density at radius 3 is 2.33 bits per heavy atom. The summed E-state index contributed by atoms with van der Waals surface area (Å²) in [6.07, 6.45) is 3.02. The molecule has 1 saturated carbocycles. The molecule has 1 fully saturated rings. The summed E-state index contributed by atoms with van der Waals surface area (Å²) in [7, 11) is 0. The van der Waals surface area contributed by atoms with E-state index in [2.05, 4.69) is 20.8 Å². The molecule has 0 aromatic heterocycles. The molecule has 5 nitrogen and oxygen atoms in total. The molecule has 0 heterocycles. The first-order chi connectivity index (χ1) is 12.7. The maximum absolute atomic E-state index is 12.1. The maximum atomic E-state index is 12.1. The third kappa shape index (κ3) is 6.89. The van der Waals surface area contributed by atoms with Crippen LogP contribution in [0.25, 0.3) is 0 Å². The Morgan fingerprint density at radius 2 is 1.70 bits per heavy atom. The topological polar surface area (TPSA) is 61.8 Å². The van der Waals surface area contributed by atoms with Crippen molar-refractivity contribution in [2.24, 2.45) is 17.8 Å². The van der Waals surface area contributed by atoms with E-state index in [0.717, 1.165) is 24.0 Å². The number of ether oxygens (including phenoxy) is 3. The van der Waals surface area contributed by atoms with Gasteiger partial charge in [-0.2, -0.15) is 0 Å². The van der Waals surface area contributed by atoms with E-state index < -0.39 is 11.9 Å². The summed E-state index contributed by atoms with van der Waals surface area (Å²) in [5.74, 6) is 0.926. The summed E-state index contributed by atoms with van der Waals surface area (Å²) in [5, 5.41) is 0. The highest BCUT2D eigenvalue weighted by molar-refractivity contribution is 5.77. The molecule has 0 spiro atoms. The van der Waals surface area contributed by atoms with Crippen LogP contribution in [0.5, 0.6) is 5.75 Å². The van der Waals surface area contributed by atoms with Crippen LogP contribution >= 0.6 is 0 Å². The van der Waals surface area contributed by atoms with E-state index in [4.69, 9.17) is 14.2 Å². The van der Waals surface area contributed by atoms with Gasteiger partial charge in [0.05, 0.1) is 0 Å². The van der Waals surface area contributed by atoms with E-state index in [0.29, 0.717) is 23.5 Å². The zero-order valence-electron chi connectivity index (χ0n) is 17.1. The SMILES string of the molecule is Cc1cc(C)cc(OCC(=O)OCC(=O)O[C@@H]2C[C@@H](C)CC[C@H]2C(C)C)c1. The first-order valence-corrected chi connectivity index (χ1v) is 9.80. The maximum Gasteiger partial charge on any atom is 0.344 e. The zero-order valence-corrected chi connectivity index (χ0v) is 17.1. The number of esters is 2. The van der Waals surface area contributed by atoms with Crippen molar-refractivity contribution in [1.29, 1.82) is 0 Å². The molecule has 0 N–H and O–H groups in total. The average molecular weight is 376 g/mol. The fourth-order valence-corrected chi connectivity index (χ4v) is 3.79. The minimum atomic E-state index is -0.580. The smallest absolute Gasteiger partial charge is 0.344 e. The van der Waals surface area contributed by atoms with Crippen LogP contribution in [0.15, 0.2) is 18.2 Å². The molecule has 0 bridgehead atoms. The normalized spacial score (nSPS) is 22.4. The van der Waals surface area contributed by atoms with Gasteiger partial charge in [-0.15, -0.1) is 0 Å². The average Bonchev–Trinajstić information content (AvgIpc) is 2.57. The van der Waals surface area contributed by atoms with E-state index in [9.17, 15) is 9.59 Å². The second kappa shape index (κ2) is 9.77. The number of hydrogen-bond acceptors (Lipinski definition) is 5. The second-order valence-corrected chi connectivity index (χ2v) is 8.13. The Labute approximate surface area is 162 Å². The lowest BCUT2D eigenvalue weighted by atomic mass is 9.75. The third-order valence-corrected chi connectivity index (χ3v) is 5.15. The summed E-state index contributed by atoms with van der Waals surface area (Å²) in [4.78, 5) is 24.0. The minimum Gasteiger partial charge on any atom is -0.482 e. The van der Waals surface area contributed by atoms with Crippen molar-refractivity contribution in [3.63, 3.8) is 0 Å². The number of rotatable bonds is 7. The van der Waals surface area contributed by atoms with Crippen LogP contribution in [0.2, 0.25) is 0 Å². The highest BCUT2D eigenvalue weighted by atomic mass is 16.6. The van der Waals surface area contributed by atoms with Crippen LogP contribution in [-0.4, -0.2) is 31.3 Å². The lowest BCUT2D eigenvalue weighted by molar-refractivity contribution is -0.167. The summed E-state index contributed by atoms with van der Waals surface area (Å²) >= 11 is 0. The van der Waals surface area contributed by atoms with Gasteiger partial charge in [-0.05, 0) is 67.7 Å². The fourth-order valence-electron chi connectivity index (χ4n) is 3.79. The van der Waals surface area contributed by atoms with Gasteiger partial charge in [-0.3, -0.25) is 0 Å². The fraction of sp³-hybridized carbons (Fsp3) is 0.636. The molecule has 150 valence electrons. The van der Waals surface area contributed by atoms with Crippen LogP contribution in [0.4, 0.5) is 0 Å². The minimum absolute atomic E-state index is 0.0912. The quantitative estimate of drug-likeness (QED) is 0.667. The van der Waals surface area contributed by atoms with E-state index in [-0.39, 0.29) is 19.3 Å². The van der Waals surface area contributed by atoms with Gasteiger partial charge in [0.15, 0.2) is 13.2 Å². The summed E-state index contributed by atoms with van der Waals surface area (Å²) in [5.41, 5.74) is 2.12. The third-order valence-electron chi connectivity index (χ3n) is 5.15. The largest absolute Gasteiger partial charge is 0.482 e. The number of benzene rings is 1. The Kier molecular flexibility index (Phi) is 7.69. The lowest BCUT2D eigenvalue weighted by Gasteiger charge is -2.36. The van der Waals surface area contributed by atoms with Crippen LogP contribution in [0.1, 0.15) is 51.2 Å². The Bertz CT molecular complexity index is 632. The summed E-state index contributed by atoms with van der Waals surface area (Å²) in [6.45, 7) is 9.82. The van der Waals surface area contributed by atoms with Crippen LogP contribution in [0.3, 0.4) is 0 Å². The number of carbonyl (C=O) groups is 2. The molecule has 0 saturated heterocycles. The highest BCUT2D eigenvalue weighted by Gasteiger charge is 2.33. The van der Waals surface area contributed by atoms with Gasteiger partial charge < -0.3 is 14.2 Å². The van der Waals surface area contributed by atoms with Crippen LogP contribution < -0.4 is 4.74 Å². The molecule has 2 rings (SSSR count). The molecule has 1 aliphatic carbocycles. The Hall–Kier alpha value is -2.04. The molecular formula is C22H32O5. The predicted molar refractivity (Wildman–Crippen MR) is 104 cm³/mol. The van der Waals surface area contributed by atoms with Gasteiger partial charge in [0.25, 0.3) is 0 Å².